The van der Waals surface area contributed by atoms with E-state index in [9.17, 15) is 4.79 Å². The smallest absolute Gasteiger partial charge is 0.261 e. The van der Waals surface area contributed by atoms with Crippen LogP contribution in [0.4, 0.5) is 0 Å². The Kier molecular flexibility index (Phi) is 6.89. The van der Waals surface area contributed by atoms with Gasteiger partial charge in [0.1, 0.15) is 0 Å². The lowest BCUT2D eigenvalue weighted by atomic mass is 10.3. The number of ether oxygens (including phenoxy) is 1. The van der Waals surface area contributed by atoms with Crippen molar-refractivity contribution in [3.63, 3.8) is 0 Å². The normalized spacial score (nSPS) is 10.5. The molecule has 0 saturated heterocycles. The predicted molar refractivity (Wildman–Crippen MR) is 71.7 cm³/mol. The van der Waals surface area contributed by atoms with Crippen LogP contribution in [0.1, 0.15) is 40.7 Å². The summed E-state index contributed by atoms with van der Waals surface area (Å²) in [7, 11) is 0. The molecule has 1 aromatic heterocycles. The first-order valence-electron chi connectivity index (χ1n) is 6.16. The van der Waals surface area contributed by atoms with Crippen LogP contribution in [0.5, 0.6) is 0 Å². The van der Waals surface area contributed by atoms with Crippen LogP contribution in [0.15, 0.2) is 12.1 Å². The number of carbonyl (C=O) groups excluding carboxylic acids is 1. The Labute approximate surface area is 107 Å². The molecule has 1 heterocycles. The van der Waals surface area contributed by atoms with Gasteiger partial charge < -0.3 is 10.1 Å². The van der Waals surface area contributed by atoms with Gasteiger partial charge in [-0.3, -0.25) is 4.79 Å². The summed E-state index contributed by atoms with van der Waals surface area (Å²) in [5, 5.41) is 2.89. The zero-order valence-corrected chi connectivity index (χ0v) is 11.4. The fraction of sp³-hybridized carbons (Fsp3) is 0.615. The molecule has 0 bridgehead atoms. The first kappa shape index (κ1) is 14.2. The minimum Gasteiger partial charge on any atom is -0.381 e. The highest BCUT2D eigenvalue weighted by molar-refractivity contribution is 7.13. The fourth-order valence-electron chi connectivity index (χ4n) is 1.37. The van der Waals surface area contributed by atoms with E-state index in [1.165, 1.54) is 11.3 Å². The van der Waals surface area contributed by atoms with Crippen molar-refractivity contribution in [3.05, 3.63) is 21.9 Å². The van der Waals surface area contributed by atoms with Crippen LogP contribution in [0.25, 0.3) is 0 Å². The van der Waals surface area contributed by atoms with E-state index in [-0.39, 0.29) is 5.91 Å². The summed E-state index contributed by atoms with van der Waals surface area (Å²) >= 11 is 1.53. The minimum atomic E-state index is 0.0247. The molecule has 3 nitrogen and oxygen atoms in total. The molecule has 0 atom stereocenters. The van der Waals surface area contributed by atoms with Crippen molar-refractivity contribution in [2.24, 2.45) is 0 Å². The Morgan fingerprint density at radius 3 is 2.76 bits per heavy atom. The van der Waals surface area contributed by atoms with Crippen LogP contribution in [0.2, 0.25) is 0 Å². The van der Waals surface area contributed by atoms with Crippen molar-refractivity contribution in [2.75, 3.05) is 19.8 Å². The number of aryl methyl sites for hydroxylation is 1. The maximum Gasteiger partial charge on any atom is 0.261 e. The van der Waals surface area contributed by atoms with Crippen molar-refractivity contribution in [1.82, 2.24) is 5.32 Å². The van der Waals surface area contributed by atoms with Gasteiger partial charge in [0.25, 0.3) is 5.91 Å². The van der Waals surface area contributed by atoms with E-state index in [1.54, 1.807) is 0 Å². The summed E-state index contributed by atoms with van der Waals surface area (Å²) in [4.78, 5) is 13.6. The number of hydrogen-bond acceptors (Lipinski definition) is 3. The molecule has 0 aliphatic heterocycles. The van der Waals surface area contributed by atoms with Gasteiger partial charge in [0, 0.05) is 24.6 Å². The van der Waals surface area contributed by atoms with Crippen molar-refractivity contribution < 1.29 is 9.53 Å². The number of unbranched alkanes of at least 4 members (excludes halogenated alkanes) is 1. The van der Waals surface area contributed by atoms with Gasteiger partial charge in [-0.05, 0) is 31.9 Å². The van der Waals surface area contributed by atoms with Gasteiger partial charge in [0.2, 0.25) is 0 Å². The molecule has 0 unspecified atom stereocenters. The highest BCUT2D eigenvalue weighted by atomic mass is 32.1. The standard InChI is InChI=1S/C13H21NO2S/c1-3-4-9-16-10-5-8-14-13(15)12-7-6-11(2)17-12/h6-7H,3-5,8-10H2,1-2H3,(H,14,15). The molecule has 0 aliphatic rings. The van der Waals surface area contributed by atoms with E-state index < -0.39 is 0 Å². The molecule has 1 rings (SSSR count). The lowest BCUT2D eigenvalue weighted by Gasteiger charge is -2.04. The van der Waals surface area contributed by atoms with E-state index in [0.29, 0.717) is 6.54 Å². The second-order valence-corrected chi connectivity index (χ2v) is 5.27. The van der Waals surface area contributed by atoms with Gasteiger partial charge in [-0.15, -0.1) is 11.3 Å². The van der Waals surface area contributed by atoms with Gasteiger partial charge in [0.15, 0.2) is 0 Å². The predicted octanol–water partition coefficient (Wildman–Crippen LogP) is 2.99. The van der Waals surface area contributed by atoms with Crippen LogP contribution in [0.3, 0.4) is 0 Å². The Hall–Kier alpha value is -0.870. The molecule has 17 heavy (non-hydrogen) atoms. The van der Waals surface area contributed by atoms with Crippen molar-refractivity contribution in [2.45, 2.75) is 33.1 Å². The van der Waals surface area contributed by atoms with Gasteiger partial charge in [0.05, 0.1) is 4.88 Å². The van der Waals surface area contributed by atoms with Crippen LogP contribution in [-0.4, -0.2) is 25.7 Å². The number of thiophene rings is 1. The SMILES string of the molecule is CCCCOCCCNC(=O)c1ccc(C)s1. The van der Waals surface area contributed by atoms with Crippen LogP contribution in [-0.2, 0) is 4.74 Å². The fourth-order valence-corrected chi connectivity index (χ4v) is 2.15. The summed E-state index contributed by atoms with van der Waals surface area (Å²) in [6.07, 6.45) is 3.15. The summed E-state index contributed by atoms with van der Waals surface area (Å²) in [6, 6.07) is 3.83. The van der Waals surface area contributed by atoms with Crippen molar-refractivity contribution >= 4 is 17.2 Å². The first-order valence-corrected chi connectivity index (χ1v) is 6.98. The average Bonchev–Trinajstić information content (AvgIpc) is 2.74. The van der Waals surface area contributed by atoms with E-state index in [2.05, 4.69) is 12.2 Å². The van der Waals surface area contributed by atoms with Crippen LogP contribution >= 0.6 is 11.3 Å². The Morgan fingerprint density at radius 2 is 2.12 bits per heavy atom. The molecule has 0 radical (unpaired) electrons. The molecule has 1 aromatic rings. The quantitative estimate of drug-likeness (QED) is 0.725. The Bertz CT molecular complexity index is 336. The molecule has 1 N–H and O–H groups in total. The molecule has 0 fully saturated rings. The van der Waals surface area contributed by atoms with Crippen LogP contribution < -0.4 is 5.32 Å². The lowest BCUT2D eigenvalue weighted by Crippen LogP contribution is -2.24. The maximum absolute atomic E-state index is 11.7. The first-order chi connectivity index (χ1) is 8.24. The molecule has 96 valence electrons. The molecule has 1 amide bonds. The topological polar surface area (TPSA) is 38.3 Å². The highest BCUT2D eigenvalue weighted by Crippen LogP contribution is 2.14. The van der Waals surface area contributed by atoms with Crippen molar-refractivity contribution in [3.8, 4) is 0 Å². The minimum absolute atomic E-state index is 0.0247. The second-order valence-electron chi connectivity index (χ2n) is 3.99. The molecule has 4 heteroatoms. The van der Waals surface area contributed by atoms with Gasteiger partial charge in [-0.1, -0.05) is 13.3 Å². The monoisotopic (exact) mass is 255 g/mol. The number of carbonyl (C=O) groups is 1. The van der Waals surface area contributed by atoms with Gasteiger partial charge in [-0.2, -0.15) is 0 Å². The van der Waals surface area contributed by atoms with Crippen molar-refractivity contribution in [1.29, 1.82) is 0 Å². The third-order valence-corrected chi connectivity index (χ3v) is 3.36. The summed E-state index contributed by atoms with van der Waals surface area (Å²) in [5.41, 5.74) is 0. The third kappa shape index (κ3) is 5.84. The summed E-state index contributed by atoms with van der Waals surface area (Å²) < 4.78 is 5.42. The Balaban J connectivity index is 2.05. The Morgan fingerprint density at radius 1 is 1.35 bits per heavy atom. The van der Waals surface area contributed by atoms with Gasteiger partial charge in [-0.25, -0.2) is 0 Å². The average molecular weight is 255 g/mol. The van der Waals surface area contributed by atoms with Crippen LogP contribution in [0, 0.1) is 6.92 Å². The number of amides is 1. The zero-order chi connectivity index (χ0) is 12.5. The van der Waals surface area contributed by atoms with E-state index in [4.69, 9.17) is 4.74 Å². The third-order valence-electron chi connectivity index (χ3n) is 2.36. The molecular formula is C13H21NO2S. The van der Waals surface area contributed by atoms with E-state index in [1.807, 2.05) is 19.1 Å². The largest absolute Gasteiger partial charge is 0.381 e. The number of rotatable bonds is 8. The molecule has 0 aliphatic carbocycles. The number of hydrogen-bond donors (Lipinski definition) is 1. The zero-order valence-electron chi connectivity index (χ0n) is 10.6. The summed E-state index contributed by atoms with van der Waals surface area (Å²) in [5.74, 6) is 0.0247. The molecular weight excluding hydrogens is 234 g/mol. The van der Waals surface area contributed by atoms with E-state index >= 15 is 0 Å². The van der Waals surface area contributed by atoms with Gasteiger partial charge >= 0.3 is 0 Å². The molecule has 0 aromatic carbocycles. The second kappa shape index (κ2) is 8.25. The maximum atomic E-state index is 11.7. The molecule has 0 spiro atoms. The highest BCUT2D eigenvalue weighted by Gasteiger charge is 2.06. The summed E-state index contributed by atoms with van der Waals surface area (Å²) in [6.45, 7) is 6.38. The van der Waals surface area contributed by atoms with E-state index in [0.717, 1.165) is 42.2 Å². The lowest BCUT2D eigenvalue weighted by molar-refractivity contribution is 0.0944. The number of nitrogens with one attached hydrogen (secondary N) is 1. The molecule has 0 saturated carbocycles.